The lowest BCUT2D eigenvalue weighted by Crippen LogP contribution is -2.24. The zero-order chi connectivity index (χ0) is 13.8. The van der Waals surface area contributed by atoms with Crippen molar-refractivity contribution in [1.29, 1.82) is 0 Å². The summed E-state index contributed by atoms with van der Waals surface area (Å²) < 4.78 is 25.9. The summed E-state index contributed by atoms with van der Waals surface area (Å²) in [4.78, 5) is 10.8. The number of benzene rings is 1. The van der Waals surface area contributed by atoms with E-state index in [9.17, 15) is 13.2 Å². The van der Waals surface area contributed by atoms with Crippen molar-refractivity contribution in [3.8, 4) is 11.8 Å². The lowest BCUT2D eigenvalue weighted by molar-refractivity contribution is 0.0696. The Hall–Kier alpha value is -1.84. The molecule has 0 aliphatic heterocycles. The number of carbonyl (C=O) groups is 1. The summed E-state index contributed by atoms with van der Waals surface area (Å²) in [7, 11) is -3.64. The molecule has 18 heavy (non-hydrogen) atoms. The van der Waals surface area contributed by atoms with Gasteiger partial charge in [-0.1, -0.05) is 5.92 Å². The highest BCUT2D eigenvalue weighted by atomic mass is 32.2. The molecule has 2 N–H and O–H groups in total. The molecule has 0 aliphatic rings. The van der Waals surface area contributed by atoms with Crippen molar-refractivity contribution in [2.45, 2.75) is 18.7 Å². The van der Waals surface area contributed by atoms with Gasteiger partial charge in [0, 0.05) is 0 Å². The molecule has 5 nitrogen and oxygen atoms in total. The summed E-state index contributed by atoms with van der Waals surface area (Å²) in [6.07, 6.45) is 0. The van der Waals surface area contributed by atoms with Crippen molar-refractivity contribution >= 4 is 16.0 Å². The Balaban J connectivity index is 3.06. The number of hydrogen-bond donors (Lipinski definition) is 2. The quantitative estimate of drug-likeness (QED) is 0.797. The normalized spacial score (nSPS) is 10.6. The summed E-state index contributed by atoms with van der Waals surface area (Å²) in [6, 6.07) is 3.86. The molecule has 96 valence electrons. The Morgan fingerprint density at radius 1 is 1.44 bits per heavy atom. The molecule has 0 aromatic heterocycles. The highest BCUT2D eigenvalue weighted by Gasteiger charge is 2.15. The van der Waals surface area contributed by atoms with Crippen LogP contribution in [0.3, 0.4) is 0 Å². The number of hydrogen-bond acceptors (Lipinski definition) is 3. The lowest BCUT2D eigenvalue weighted by atomic mass is 10.1. The molecule has 0 aliphatic carbocycles. The summed E-state index contributed by atoms with van der Waals surface area (Å²) in [6.45, 7) is 3.19. The minimum Gasteiger partial charge on any atom is -0.478 e. The molecular formula is C12H13NO4S. The fourth-order valence-electron chi connectivity index (χ4n) is 1.35. The highest BCUT2D eigenvalue weighted by molar-refractivity contribution is 7.89. The third-order valence-corrected chi connectivity index (χ3v) is 3.66. The van der Waals surface area contributed by atoms with Crippen LogP contribution in [0.2, 0.25) is 0 Å². The van der Waals surface area contributed by atoms with Crippen molar-refractivity contribution < 1.29 is 18.3 Å². The molecule has 1 aromatic carbocycles. The maximum Gasteiger partial charge on any atom is 0.335 e. The number of carboxylic acids is 1. The smallest absolute Gasteiger partial charge is 0.335 e. The van der Waals surface area contributed by atoms with E-state index < -0.39 is 16.0 Å². The zero-order valence-electron chi connectivity index (χ0n) is 10.0. The van der Waals surface area contributed by atoms with Crippen molar-refractivity contribution in [1.82, 2.24) is 4.72 Å². The molecule has 0 heterocycles. The molecule has 0 amide bonds. The maximum atomic E-state index is 11.8. The largest absolute Gasteiger partial charge is 0.478 e. The topological polar surface area (TPSA) is 83.5 Å². The number of carboxylic acid groups (broad SMARTS) is 1. The first-order valence-corrected chi connectivity index (χ1v) is 6.60. The minimum atomic E-state index is -3.64. The molecule has 6 heteroatoms. The van der Waals surface area contributed by atoms with Crippen molar-refractivity contribution in [3.05, 3.63) is 29.3 Å². The average molecular weight is 267 g/mol. The van der Waals surface area contributed by atoms with Crippen LogP contribution in [0.1, 0.15) is 22.8 Å². The Bertz CT molecular complexity index is 623. The monoisotopic (exact) mass is 267 g/mol. The van der Waals surface area contributed by atoms with Gasteiger partial charge in [-0.3, -0.25) is 0 Å². The second kappa shape index (κ2) is 5.67. The van der Waals surface area contributed by atoms with Gasteiger partial charge in [0.1, 0.15) is 0 Å². The number of sulfonamides is 1. The van der Waals surface area contributed by atoms with E-state index in [0.717, 1.165) is 0 Å². The first-order valence-electron chi connectivity index (χ1n) is 5.11. The second-order valence-electron chi connectivity index (χ2n) is 3.53. The van der Waals surface area contributed by atoms with Crippen LogP contribution in [0, 0.1) is 18.8 Å². The molecule has 0 saturated carbocycles. The van der Waals surface area contributed by atoms with E-state index in [1.54, 1.807) is 13.8 Å². The van der Waals surface area contributed by atoms with E-state index in [0.29, 0.717) is 5.56 Å². The minimum absolute atomic E-state index is 0.0264. The van der Waals surface area contributed by atoms with Crippen molar-refractivity contribution in [3.63, 3.8) is 0 Å². The number of aromatic carboxylic acids is 1. The molecule has 1 aromatic rings. The van der Waals surface area contributed by atoms with Gasteiger partial charge in [0.2, 0.25) is 10.0 Å². The molecule has 0 unspecified atom stereocenters. The summed E-state index contributed by atoms with van der Waals surface area (Å²) in [5, 5.41) is 8.85. The van der Waals surface area contributed by atoms with E-state index in [2.05, 4.69) is 16.6 Å². The molecule has 1 rings (SSSR count). The molecule has 0 atom stereocenters. The van der Waals surface area contributed by atoms with Gasteiger partial charge in [-0.2, -0.15) is 4.72 Å². The first kappa shape index (κ1) is 14.2. The second-order valence-corrected chi connectivity index (χ2v) is 5.30. The predicted octanol–water partition coefficient (Wildman–Crippen LogP) is 0.995. The van der Waals surface area contributed by atoms with Gasteiger partial charge in [-0.25, -0.2) is 13.2 Å². The summed E-state index contributed by atoms with van der Waals surface area (Å²) >= 11 is 0. The maximum absolute atomic E-state index is 11.8. The molecule has 0 spiro atoms. The SMILES string of the molecule is CC#CCNS(=O)(=O)c1ccc(C(=O)O)c(C)c1. The number of aryl methyl sites for hydroxylation is 1. The van der Waals surface area contributed by atoms with Crippen LogP contribution in [-0.2, 0) is 10.0 Å². The van der Waals surface area contributed by atoms with Gasteiger partial charge in [0.25, 0.3) is 0 Å². The molecule has 0 radical (unpaired) electrons. The highest BCUT2D eigenvalue weighted by Crippen LogP contribution is 2.15. The molecular weight excluding hydrogens is 254 g/mol. The van der Waals surface area contributed by atoms with E-state index in [4.69, 9.17) is 5.11 Å². The Morgan fingerprint density at radius 2 is 2.11 bits per heavy atom. The van der Waals surface area contributed by atoms with E-state index in [1.807, 2.05) is 0 Å². The predicted molar refractivity (Wildman–Crippen MR) is 66.8 cm³/mol. The van der Waals surface area contributed by atoms with Gasteiger partial charge in [0.15, 0.2) is 0 Å². The number of rotatable bonds is 4. The molecule has 0 fully saturated rings. The molecule has 0 saturated heterocycles. The zero-order valence-corrected chi connectivity index (χ0v) is 10.8. The van der Waals surface area contributed by atoms with Gasteiger partial charge in [-0.15, -0.1) is 5.92 Å². The Kier molecular flexibility index (Phi) is 4.48. The van der Waals surface area contributed by atoms with Crippen LogP contribution in [0.4, 0.5) is 0 Å². The standard InChI is InChI=1S/C12H13NO4S/c1-3-4-7-13-18(16,17)10-5-6-11(12(14)15)9(2)8-10/h5-6,8,13H,7H2,1-2H3,(H,14,15). The van der Waals surface area contributed by atoms with Crippen molar-refractivity contribution in [2.75, 3.05) is 6.54 Å². The van der Waals surface area contributed by atoms with Crippen LogP contribution in [0.25, 0.3) is 0 Å². The van der Waals surface area contributed by atoms with Gasteiger partial charge < -0.3 is 5.11 Å². The fourth-order valence-corrected chi connectivity index (χ4v) is 2.35. The summed E-state index contributed by atoms with van der Waals surface area (Å²) in [5.74, 6) is 4.07. The number of nitrogens with one attached hydrogen (secondary N) is 1. The van der Waals surface area contributed by atoms with Crippen LogP contribution < -0.4 is 4.72 Å². The third-order valence-electron chi connectivity index (χ3n) is 2.27. The lowest BCUT2D eigenvalue weighted by Gasteiger charge is -2.06. The van der Waals surface area contributed by atoms with E-state index >= 15 is 0 Å². The van der Waals surface area contributed by atoms with Gasteiger partial charge >= 0.3 is 5.97 Å². The third kappa shape index (κ3) is 3.32. The Morgan fingerprint density at radius 3 is 2.61 bits per heavy atom. The average Bonchev–Trinajstić information content (AvgIpc) is 2.28. The van der Waals surface area contributed by atoms with Crippen LogP contribution >= 0.6 is 0 Å². The van der Waals surface area contributed by atoms with Crippen LogP contribution in [-0.4, -0.2) is 26.0 Å². The van der Waals surface area contributed by atoms with Crippen LogP contribution in [0.5, 0.6) is 0 Å². The van der Waals surface area contributed by atoms with Gasteiger partial charge in [0.05, 0.1) is 17.0 Å². The first-order chi connectivity index (χ1) is 8.38. The van der Waals surface area contributed by atoms with Crippen molar-refractivity contribution in [2.24, 2.45) is 0 Å². The van der Waals surface area contributed by atoms with Gasteiger partial charge in [-0.05, 0) is 37.6 Å². The molecule has 0 bridgehead atoms. The summed E-state index contributed by atoms with van der Waals surface area (Å²) in [5.41, 5.74) is 0.481. The van der Waals surface area contributed by atoms with E-state index in [1.165, 1.54) is 18.2 Å². The van der Waals surface area contributed by atoms with E-state index in [-0.39, 0.29) is 17.0 Å². The van der Waals surface area contributed by atoms with Crippen LogP contribution in [0.15, 0.2) is 23.1 Å². The fraction of sp³-hybridized carbons (Fsp3) is 0.250. The Labute approximate surface area is 106 Å².